The molecule has 0 saturated carbocycles. The number of nitrogens with two attached hydrogens (primary N) is 1. The van der Waals surface area contributed by atoms with Crippen molar-refractivity contribution in [3.63, 3.8) is 0 Å². The minimum atomic E-state index is -4.38. The molecule has 2 aromatic rings. The number of esters is 1. The molecule has 9 nitrogen and oxygen atoms in total. The first kappa shape index (κ1) is 28.1. The lowest BCUT2D eigenvalue weighted by molar-refractivity contribution is -0.139. The predicted octanol–water partition coefficient (Wildman–Crippen LogP) is 2.79. The number of nitrogens with zero attached hydrogens (tertiary/aromatic N) is 1. The van der Waals surface area contributed by atoms with Crippen molar-refractivity contribution in [1.29, 1.82) is 5.41 Å². The van der Waals surface area contributed by atoms with Crippen molar-refractivity contribution < 1.29 is 31.5 Å². The zero-order valence-corrected chi connectivity index (χ0v) is 21.2. The number of rotatable bonds is 11. The van der Waals surface area contributed by atoms with Crippen LogP contribution >= 0.6 is 0 Å². The highest BCUT2D eigenvalue weighted by atomic mass is 32.2. The second-order valence-corrected chi connectivity index (χ2v) is 10.2. The fourth-order valence-electron chi connectivity index (χ4n) is 3.79. The van der Waals surface area contributed by atoms with Crippen molar-refractivity contribution in [2.75, 3.05) is 36.3 Å². The second kappa shape index (κ2) is 12.6. The number of amidine groups is 1. The van der Waals surface area contributed by atoms with Gasteiger partial charge >= 0.3 is 5.97 Å². The molecular formula is C25H30F2N4O5S. The van der Waals surface area contributed by atoms with Gasteiger partial charge in [0.25, 0.3) is 0 Å². The molecule has 0 aromatic heterocycles. The Labute approximate surface area is 214 Å². The highest BCUT2D eigenvalue weighted by molar-refractivity contribution is 7.93. The average molecular weight is 537 g/mol. The van der Waals surface area contributed by atoms with E-state index in [1.165, 1.54) is 13.0 Å². The summed E-state index contributed by atoms with van der Waals surface area (Å²) < 4.78 is 67.1. The van der Waals surface area contributed by atoms with Gasteiger partial charge < -0.3 is 20.5 Å². The van der Waals surface area contributed by atoms with Crippen LogP contribution in [0.4, 0.5) is 14.5 Å². The molecule has 1 fully saturated rings. The molecule has 1 aliphatic rings. The first-order valence-electron chi connectivity index (χ1n) is 11.7. The Morgan fingerprint density at radius 2 is 1.89 bits per heavy atom. The molecule has 0 aliphatic carbocycles. The monoisotopic (exact) mass is 536 g/mol. The Morgan fingerprint density at radius 3 is 2.51 bits per heavy atom. The van der Waals surface area contributed by atoms with Gasteiger partial charge in [0.15, 0.2) is 23.1 Å². The second-order valence-electron chi connectivity index (χ2n) is 8.34. The third-order valence-corrected chi connectivity index (χ3v) is 7.19. The summed E-state index contributed by atoms with van der Waals surface area (Å²) in [4.78, 5) is 11.9. The van der Waals surface area contributed by atoms with Gasteiger partial charge in [-0.25, -0.2) is 17.2 Å². The van der Waals surface area contributed by atoms with Crippen LogP contribution in [0.5, 0.6) is 5.75 Å². The summed E-state index contributed by atoms with van der Waals surface area (Å²) in [5.74, 6) is -4.81. The number of carbonyl (C=O) groups excluding carboxylic acids is 1. The van der Waals surface area contributed by atoms with Crippen molar-refractivity contribution >= 4 is 33.6 Å². The molecule has 0 spiro atoms. The number of hydrogen-bond acceptors (Lipinski definition) is 7. The Morgan fingerprint density at radius 1 is 1.22 bits per heavy atom. The largest absolute Gasteiger partial charge is 0.484 e. The van der Waals surface area contributed by atoms with Crippen molar-refractivity contribution in [2.45, 2.75) is 25.9 Å². The van der Waals surface area contributed by atoms with Crippen molar-refractivity contribution in [3.05, 3.63) is 65.2 Å². The van der Waals surface area contributed by atoms with Crippen LogP contribution in [0.1, 0.15) is 30.9 Å². The summed E-state index contributed by atoms with van der Waals surface area (Å²) >= 11 is 0. The molecule has 0 bridgehead atoms. The normalized spacial score (nSPS) is 14.5. The van der Waals surface area contributed by atoms with Gasteiger partial charge in [0.05, 0.1) is 18.8 Å². The van der Waals surface area contributed by atoms with Gasteiger partial charge in [-0.15, -0.1) is 0 Å². The topological polar surface area (TPSA) is 135 Å². The van der Waals surface area contributed by atoms with E-state index in [0.29, 0.717) is 37.1 Å². The van der Waals surface area contributed by atoms with E-state index in [4.69, 9.17) is 20.6 Å². The fraction of sp³-hybridized carbons (Fsp3) is 0.360. The number of benzene rings is 2. The van der Waals surface area contributed by atoms with Gasteiger partial charge in [-0.1, -0.05) is 30.4 Å². The number of anilines is 1. The molecule has 0 radical (unpaired) electrons. The standard InChI is InChI=1S/C25H30F2N4O5S/c1-2-35-23(32)16-37(33,34)31(12-4-6-17-5-3-7-18(13-17)25(28)29)19-14-21(26)24(22(27)15-19)36-20-8-10-30-11-9-20/h3-7,13-15,20,30H,2,8-12,16H2,1H3,(H3,28,29)/b6-4+. The molecular weight excluding hydrogens is 506 g/mol. The minimum Gasteiger partial charge on any atom is -0.484 e. The van der Waals surface area contributed by atoms with Crippen LogP contribution in [0.2, 0.25) is 0 Å². The van der Waals surface area contributed by atoms with E-state index in [9.17, 15) is 22.0 Å². The van der Waals surface area contributed by atoms with E-state index in [1.807, 2.05) is 0 Å². The lowest BCUT2D eigenvalue weighted by atomic mass is 10.1. The summed E-state index contributed by atoms with van der Waals surface area (Å²) in [6, 6.07) is 8.40. The van der Waals surface area contributed by atoms with Gasteiger partial charge in [-0.05, 0) is 44.5 Å². The molecule has 3 rings (SSSR count). The third kappa shape index (κ3) is 7.73. The number of piperidine rings is 1. The Kier molecular flexibility index (Phi) is 9.59. The van der Waals surface area contributed by atoms with Crippen LogP contribution in [-0.2, 0) is 19.6 Å². The van der Waals surface area contributed by atoms with E-state index < -0.39 is 39.1 Å². The maximum atomic E-state index is 15.0. The van der Waals surface area contributed by atoms with Crippen LogP contribution in [0.15, 0.2) is 42.5 Å². The quantitative estimate of drug-likeness (QED) is 0.228. The summed E-state index contributed by atoms with van der Waals surface area (Å²) in [7, 11) is -4.38. The van der Waals surface area contributed by atoms with Crippen LogP contribution in [0.25, 0.3) is 6.08 Å². The molecule has 37 heavy (non-hydrogen) atoms. The third-order valence-electron chi connectivity index (χ3n) is 5.56. The van der Waals surface area contributed by atoms with E-state index in [2.05, 4.69) is 5.32 Å². The number of hydrogen-bond donors (Lipinski definition) is 3. The van der Waals surface area contributed by atoms with Crippen molar-refractivity contribution in [2.24, 2.45) is 5.73 Å². The smallest absolute Gasteiger partial charge is 0.323 e. The zero-order valence-electron chi connectivity index (χ0n) is 20.4. The number of carbonyl (C=O) groups is 1. The van der Waals surface area contributed by atoms with Crippen molar-refractivity contribution in [3.8, 4) is 5.75 Å². The summed E-state index contributed by atoms with van der Waals surface area (Å²) in [5, 5.41) is 10.7. The fourth-order valence-corrected chi connectivity index (χ4v) is 5.06. The van der Waals surface area contributed by atoms with Crippen LogP contribution in [0.3, 0.4) is 0 Å². The van der Waals surface area contributed by atoms with Gasteiger partial charge in [-0.2, -0.15) is 0 Å². The number of sulfonamides is 1. The maximum absolute atomic E-state index is 15.0. The van der Waals surface area contributed by atoms with Gasteiger partial charge in [0, 0.05) is 17.7 Å². The van der Waals surface area contributed by atoms with Crippen LogP contribution < -0.4 is 20.1 Å². The zero-order chi connectivity index (χ0) is 27.0. The molecule has 0 unspecified atom stereocenters. The van der Waals surface area contributed by atoms with Crippen molar-refractivity contribution in [1.82, 2.24) is 5.32 Å². The highest BCUT2D eigenvalue weighted by Gasteiger charge is 2.28. The molecule has 1 saturated heterocycles. The lowest BCUT2D eigenvalue weighted by Crippen LogP contribution is -2.36. The first-order valence-corrected chi connectivity index (χ1v) is 13.3. The first-order chi connectivity index (χ1) is 17.6. The Bertz CT molecular complexity index is 1240. The number of nitrogens with one attached hydrogen (secondary N) is 2. The van der Waals surface area contributed by atoms with Gasteiger partial charge in [0.2, 0.25) is 10.0 Å². The van der Waals surface area contributed by atoms with E-state index in [0.717, 1.165) is 16.4 Å². The molecule has 12 heteroatoms. The molecule has 1 heterocycles. The molecule has 0 atom stereocenters. The number of ether oxygens (including phenoxy) is 2. The highest BCUT2D eigenvalue weighted by Crippen LogP contribution is 2.31. The molecule has 2 aromatic carbocycles. The van der Waals surface area contributed by atoms with Gasteiger partial charge in [-0.3, -0.25) is 14.5 Å². The van der Waals surface area contributed by atoms with Crippen LogP contribution in [0, 0.1) is 17.0 Å². The summed E-state index contributed by atoms with van der Waals surface area (Å²) in [5.41, 5.74) is 6.30. The molecule has 200 valence electrons. The lowest BCUT2D eigenvalue weighted by Gasteiger charge is -2.26. The summed E-state index contributed by atoms with van der Waals surface area (Å²) in [6.45, 7) is 2.50. The predicted molar refractivity (Wildman–Crippen MR) is 137 cm³/mol. The van der Waals surface area contributed by atoms with E-state index in [-0.39, 0.29) is 30.8 Å². The SMILES string of the molecule is CCOC(=O)CS(=O)(=O)N(C/C=C/c1cccc(C(=N)N)c1)c1cc(F)c(OC2CCNCC2)c(F)c1. The molecule has 4 N–H and O–H groups in total. The molecule has 1 aliphatic heterocycles. The Hall–Kier alpha value is -3.51. The maximum Gasteiger partial charge on any atom is 0.323 e. The number of halogens is 2. The number of nitrogen functional groups attached to an aromatic ring is 1. The Balaban J connectivity index is 1.91. The van der Waals surface area contributed by atoms with Crippen LogP contribution in [-0.4, -0.2) is 58.3 Å². The summed E-state index contributed by atoms with van der Waals surface area (Å²) in [6.07, 6.45) is 3.82. The van der Waals surface area contributed by atoms with E-state index in [1.54, 1.807) is 30.3 Å². The van der Waals surface area contributed by atoms with E-state index >= 15 is 0 Å². The minimum absolute atomic E-state index is 0.0211. The average Bonchev–Trinajstić information content (AvgIpc) is 2.84. The van der Waals surface area contributed by atoms with Gasteiger partial charge in [0.1, 0.15) is 11.9 Å². The molecule has 0 amide bonds.